The zero-order valence-electron chi connectivity index (χ0n) is 12.1. The molecule has 3 N–H and O–H groups in total. The lowest BCUT2D eigenvalue weighted by Gasteiger charge is -2.34. The summed E-state index contributed by atoms with van der Waals surface area (Å²) >= 11 is 6.00. The molecule has 1 aliphatic heterocycles. The van der Waals surface area contributed by atoms with E-state index in [0.29, 0.717) is 37.6 Å². The number of primary amides is 1. The van der Waals surface area contributed by atoms with Crippen molar-refractivity contribution in [1.29, 1.82) is 0 Å². The van der Waals surface area contributed by atoms with Crippen LogP contribution in [-0.4, -0.2) is 30.6 Å². The van der Waals surface area contributed by atoms with Gasteiger partial charge in [-0.1, -0.05) is 11.6 Å². The molecule has 0 unspecified atom stereocenters. The maximum atomic E-state index is 11.9. The Morgan fingerprint density at radius 1 is 1.36 bits per heavy atom. The molecule has 116 valence electrons. The average molecular weight is 320 g/mol. The lowest BCUT2D eigenvalue weighted by atomic mass is 9.79. The van der Waals surface area contributed by atoms with E-state index in [4.69, 9.17) is 22.1 Å². The van der Waals surface area contributed by atoms with Gasteiger partial charge in [-0.15, -0.1) is 0 Å². The van der Waals surface area contributed by atoms with Gasteiger partial charge in [0.1, 0.15) is 0 Å². The van der Waals surface area contributed by atoms with Gasteiger partial charge in [0.2, 0.25) is 5.91 Å². The Balaban J connectivity index is 1.85. The van der Waals surface area contributed by atoms with E-state index in [0.717, 1.165) is 16.6 Å². The van der Waals surface area contributed by atoms with Gasteiger partial charge >= 0.3 is 0 Å². The minimum absolute atomic E-state index is 0.273. The number of carbonyl (C=O) groups excluding carboxylic acids is 1. The molecule has 0 saturated carbocycles. The van der Waals surface area contributed by atoms with Gasteiger partial charge in [0.15, 0.2) is 0 Å². The maximum Gasteiger partial charge on any atom is 0.225 e. The van der Waals surface area contributed by atoms with Gasteiger partial charge in [0.25, 0.3) is 0 Å². The monoisotopic (exact) mass is 319 g/mol. The summed E-state index contributed by atoms with van der Waals surface area (Å²) in [4.78, 5) is 16.2. The Morgan fingerprint density at radius 3 is 2.86 bits per heavy atom. The third-order valence-corrected chi connectivity index (χ3v) is 4.53. The Kier molecular flexibility index (Phi) is 4.18. The molecule has 22 heavy (non-hydrogen) atoms. The minimum Gasteiger partial charge on any atom is -0.383 e. The molecule has 1 aliphatic rings. The predicted molar refractivity (Wildman–Crippen MR) is 86.9 cm³/mol. The fourth-order valence-corrected chi connectivity index (χ4v) is 2.98. The molecule has 2 aromatic rings. The maximum absolute atomic E-state index is 11.9. The van der Waals surface area contributed by atoms with Gasteiger partial charge in [-0.3, -0.25) is 9.78 Å². The van der Waals surface area contributed by atoms with Crippen molar-refractivity contribution in [2.45, 2.75) is 12.8 Å². The standard InChI is InChI=1S/C16H18ClN3O2/c17-11-1-2-12-13(3-6-19-14(12)9-11)20-10-16(15(18)21)4-7-22-8-5-16/h1-3,6,9H,4-5,7-8,10H2,(H2,18,21)(H,19,20). The number of benzene rings is 1. The topological polar surface area (TPSA) is 77.2 Å². The van der Waals surface area contributed by atoms with Crippen LogP contribution < -0.4 is 11.1 Å². The number of fused-ring (bicyclic) bond motifs is 1. The van der Waals surface area contributed by atoms with E-state index < -0.39 is 5.41 Å². The first-order chi connectivity index (χ1) is 10.6. The third-order valence-electron chi connectivity index (χ3n) is 4.29. The van der Waals surface area contributed by atoms with Crippen LogP contribution in [0.1, 0.15) is 12.8 Å². The Morgan fingerprint density at radius 2 is 2.14 bits per heavy atom. The molecule has 6 heteroatoms. The summed E-state index contributed by atoms with van der Waals surface area (Å²) in [7, 11) is 0. The Labute approximate surface area is 133 Å². The second-order valence-electron chi connectivity index (χ2n) is 5.63. The molecule has 2 heterocycles. The number of pyridine rings is 1. The van der Waals surface area contributed by atoms with E-state index in [2.05, 4.69) is 10.3 Å². The summed E-state index contributed by atoms with van der Waals surface area (Å²) in [5.74, 6) is -0.273. The number of rotatable bonds is 4. The fourth-order valence-electron chi connectivity index (χ4n) is 2.81. The van der Waals surface area contributed by atoms with Crippen LogP contribution in [-0.2, 0) is 9.53 Å². The molecule has 1 fully saturated rings. The number of ether oxygens (including phenoxy) is 1. The van der Waals surface area contributed by atoms with Crippen molar-refractivity contribution in [2.75, 3.05) is 25.1 Å². The number of carbonyl (C=O) groups is 1. The summed E-state index contributed by atoms with van der Waals surface area (Å²) in [6, 6.07) is 7.47. The number of nitrogens with zero attached hydrogens (tertiary/aromatic N) is 1. The van der Waals surface area contributed by atoms with E-state index in [-0.39, 0.29) is 5.91 Å². The van der Waals surface area contributed by atoms with Crippen LogP contribution in [0, 0.1) is 5.41 Å². The van der Waals surface area contributed by atoms with Crippen molar-refractivity contribution in [3.05, 3.63) is 35.5 Å². The lowest BCUT2D eigenvalue weighted by molar-refractivity contribution is -0.132. The zero-order valence-corrected chi connectivity index (χ0v) is 12.9. The van der Waals surface area contributed by atoms with E-state index in [1.807, 2.05) is 24.3 Å². The van der Waals surface area contributed by atoms with Crippen molar-refractivity contribution in [3.8, 4) is 0 Å². The number of aromatic nitrogens is 1. The number of nitrogens with two attached hydrogens (primary N) is 1. The molecule has 0 spiro atoms. The average Bonchev–Trinajstić information content (AvgIpc) is 2.53. The molecule has 1 amide bonds. The predicted octanol–water partition coefficient (Wildman–Crippen LogP) is 2.58. The highest BCUT2D eigenvalue weighted by atomic mass is 35.5. The van der Waals surface area contributed by atoms with Gasteiger partial charge in [-0.25, -0.2) is 0 Å². The molecule has 0 bridgehead atoms. The van der Waals surface area contributed by atoms with Crippen LogP contribution in [0.3, 0.4) is 0 Å². The molecular weight excluding hydrogens is 302 g/mol. The van der Waals surface area contributed by atoms with Crippen LogP contribution in [0.4, 0.5) is 5.69 Å². The van der Waals surface area contributed by atoms with Crippen LogP contribution in [0.15, 0.2) is 30.5 Å². The first kappa shape index (κ1) is 15.1. The highest BCUT2D eigenvalue weighted by Crippen LogP contribution is 2.32. The number of halogens is 1. The normalized spacial score (nSPS) is 17.3. The van der Waals surface area contributed by atoms with Gasteiger partial charge in [-0.2, -0.15) is 0 Å². The molecule has 1 aromatic heterocycles. The second kappa shape index (κ2) is 6.10. The van der Waals surface area contributed by atoms with Crippen molar-refractivity contribution in [1.82, 2.24) is 4.98 Å². The van der Waals surface area contributed by atoms with E-state index in [1.54, 1.807) is 6.20 Å². The largest absolute Gasteiger partial charge is 0.383 e. The smallest absolute Gasteiger partial charge is 0.225 e. The van der Waals surface area contributed by atoms with Gasteiger partial charge in [-0.05, 0) is 37.1 Å². The van der Waals surface area contributed by atoms with Crippen LogP contribution in [0.25, 0.3) is 10.9 Å². The molecule has 3 rings (SSSR count). The third kappa shape index (κ3) is 2.87. The van der Waals surface area contributed by atoms with Crippen molar-refractivity contribution in [3.63, 3.8) is 0 Å². The summed E-state index contributed by atoms with van der Waals surface area (Å²) in [5.41, 5.74) is 6.82. The molecule has 1 saturated heterocycles. The van der Waals surface area contributed by atoms with Gasteiger partial charge < -0.3 is 15.8 Å². The quantitative estimate of drug-likeness (QED) is 0.908. The fraction of sp³-hybridized carbons (Fsp3) is 0.375. The summed E-state index contributed by atoms with van der Waals surface area (Å²) < 4.78 is 5.35. The first-order valence-electron chi connectivity index (χ1n) is 7.27. The van der Waals surface area contributed by atoms with Crippen molar-refractivity contribution >= 4 is 34.1 Å². The second-order valence-corrected chi connectivity index (χ2v) is 6.07. The Hall–Kier alpha value is -1.85. The number of hydrogen-bond donors (Lipinski definition) is 2. The first-order valence-corrected chi connectivity index (χ1v) is 7.64. The molecule has 1 aromatic carbocycles. The Bertz CT molecular complexity index is 699. The highest BCUT2D eigenvalue weighted by molar-refractivity contribution is 6.31. The number of nitrogens with one attached hydrogen (secondary N) is 1. The van der Waals surface area contributed by atoms with E-state index >= 15 is 0 Å². The minimum atomic E-state index is -0.555. The van der Waals surface area contributed by atoms with E-state index in [1.165, 1.54) is 0 Å². The lowest BCUT2D eigenvalue weighted by Crippen LogP contribution is -2.46. The molecule has 0 atom stereocenters. The molecular formula is C16H18ClN3O2. The summed E-state index contributed by atoms with van der Waals surface area (Å²) in [5, 5.41) is 4.98. The number of hydrogen-bond acceptors (Lipinski definition) is 4. The summed E-state index contributed by atoms with van der Waals surface area (Å²) in [6.45, 7) is 1.63. The van der Waals surface area contributed by atoms with Crippen molar-refractivity contribution in [2.24, 2.45) is 11.1 Å². The van der Waals surface area contributed by atoms with Crippen LogP contribution in [0.2, 0.25) is 5.02 Å². The number of anilines is 1. The number of amides is 1. The molecule has 5 nitrogen and oxygen atoms in total. The highest BCUT2D eigenvalue weighted by Gasteiger charge is 2.38. The zero-order chi connectivity index (χ0) is 15.6. The van der Waals surface area contributed by atoms with E-state index in [9.17, 15) is 4.79 Å². The molecule has 0 aliphatic carbocycles. The SMILES string of the molecule is NC(=O)C1(CNc2ccnc3cc(Cl)ccc23)CCOCC1. The van der Waals surface area contributed by atoms with Gasteiger partial charge in [0.05, 0.1) is 10.9 Å². The van der Waals surface area contributed by atoms with Crippen LogP contribution >= 0.6 is 11.6 Å². The van der Waals surface area contributed by atoms with Gasteiger partial charge in [0, 0.05) is 42.1 Å². The summed E-state index contributed by atoms with van der Waals surface area (Å²) in [6.07, 6.45) is 3.01. The van der Waals surface area contributed by atoms with Crippen LogP contribution in [0.5, 0.6) is 0 Å². The molecule has 0 radical (unpaired) electrons. The van der Waals surface area contributed by atoms with Crippen molar-refractivity contribution < 1.29 is 9.53 Å².